The van der Waals surface area contributed by atoms with Crippen LogP contribution in [0, 0.1) is 0 Å². The highest BCUT2D eigenvalue weighted by atomic mass is 16.1. The van der Waals surface area contributed by atoms with Gasteiger partial charge in [-0.15, -0.1) is 0 Å². The third-order valence-corrected chi connectivity index (χ3v) is 2.66. The topological polar surface area (TPSA) is 67.2 Å². The predicted molar refractivity (Wildman–Crippen MR) is 72.2 cm³/mol. The number of nitrogens with two attached hydrogens (primary N) is 1. The van der Waals surface area contributed by atoms with Gasteiger partial charge in [-0.05, 0) is 31.5 Å². The van der Waals surface area contributed by atoms with E-state index in [4.69, 9.17) is 5.73 Å². The van der Waals surface area contributed by atoms with Crippen molar-refractivity contribution in [1.29, 1.82) is 0 Å². The number of anilines is 2. The SMILES string of the molecule is CCC[C@H](C)Nc1ccc(C(=O)NC)cc1N. The Labute approximate surface area is 103 Å². The molecule has 4 N–H and O–H groups in total. The normalized spacial score (nSPS) is 11.9. The van der Waals surface area contributed by atoms with Gasteiger partial charge in [-0.1, -0.05) is 13.3 Å². The van der Waals surface area contributed by atoms with Crippen LogP contribution in [0.2, 0.25) is 0 Å². The fourth-order valence-corrected chi connectivity index (χ4v) is 1.75. The Hall–Kier alpha value is -1.71. The fourth-order valence-electron chi connectivity index (χ4n) is 1.75. The summed E-state index contributed by atoms with van der Waals surface area (Å²) < 4.78 is 0. The monoisotopic (exact) mass is 235 g/mol. The molecular formula is C13H21N3O. The van der Waals surface area contributed by atoms with Crippen LogP contribution in [0.15, 0.2) is 18.2 Å². The molecule has 1 aromatic rings. The number of carbonyl (C=O) groups is 1. The molecule has 0 aliphatic heterocycles. The number of amides is 1. The van der Waals surface area contributed by atoms with Crippen molar-refractivity contribution in [3.8, 4) is 0 Å². The molecule has 0 unspecified atom stereocenters. The Morgan fingerprint density at radius 3 is 2.71 bits per heavy atom. The van der Waals surface area contributed by atoms with Gasteiger partial charge >= 0.3 is 0 Å². The highest BCUT2D eigenvalue weighted by molar-refractivity contribution is 5.95. The molecule has 0 saturated carbocycles. The van der Waals surface area contributed by atoms with E-state index in [-0.39, 0.29) is 5.91 Å². The van der Waals surface area contributed by atoms with Crippen molar-refractivity contribution in [2.45, 2.75) is 32.7 Å². The summed E-state index contributed by atoms with van der Waals surface area (Å²) >= 11 is 0. The number of benzene rings is 1. The van der Waals surface area contributed by atoms with E-state index < -0.39 is 0 Å². The lowest BCUT2D eigenvalue weighted by atomic mass is 10.1. The van der Waals surface area contributed by atoms with E-state index >= 15 is 0 Å². The molecule has 1 amide bonds. The van der Waals surface area contributed by atoms with Crippen LogP contribution in [0.25, 0.3) is 0 Å². The first-order valence-corrected chi connectivity index (χ1v) is 5.96. The summed E-state index contributed by atoms with van der Waals surface area (Å²) in [6.45, 7) is 4.27. The Balaban J connectivity index is 2.79. The van der Waals surface area contributed by atoms with E-state index in [1.807, 2.05) is 6.07 Å². The molecular weight excluding hydrogens is 214 g/mol. The summed E-state index contributed by atoms with van der Waals surface area (Å²) in [7, 11) is 1.61. The molecule has 4 heteroatoms. The van der Waals surface area contributed by atoms with Gasteiger partial charge in [-0.2, -0.15) is 0 Å². The first kappa shape index (κ1) is 13.4. The molecule has 17 heavy (non-hydrogen) atoms. The van der Waals surface area contributed by atoms with Gasteiger partial charge in [0.25, 0.3) is 5.91 Å². The summed E-state index contributed by atoms with van der Waals surface area (Å²) in [6, 6.07) is 5.70. The lowest BCUT2D eigenvalue weighted by molar-refractivity contribution is 0.0963. The zero-order chi connectivity index (χ0) is 12.8. The molecule has 0 aromatic heterocycles. The highest BCUT2D eigenvalue weighted by Gasteiger charge is 2.08. The van der Waals surface area contributed by atoms with Gasteiger partial charge in [0.15, 0.2) is 0 Å². The van der Waals surface area contributed by atoms with Gasteiger partial charge in [0.1, 0.15) is 0 Å². The maximum atomic E-state index is 11.4. The van der Waals surface area contributed by atoms with Gasteiger partial charge in [-0.25, -0.2) is 0 Å². The molecule has 0 radical (unpaired) electrons. The summed E-state index contributed by atoms with van der Waals surface area (Å²) in [6.07, 6.45) is 2.22. The van der Waals surface area contributed by atoms with Crippen molar-refractivity contribution in [3.63, 3.8) is 0 Å². The van der Waals surface area contributed by atoms with Crippen molar-refractivity contribution < 1.29 is 4.79 Å². The third-order valence-electron chi connectivity index (χ3n) is 2.66. The van der Waals surface area contributed by atoms with Crippen molar-refractivity contribution in [1.82, 2.24) is 5.32 Å². The second-order valence-electron chi connectivity index (χ2n) is 4.22. The Bertz CT molecular complexity index is 390. The van der Waals surface area contributed by atoms with Crippen LogP contribution in [0.5, 0.6) is 0 Å². The summed E-state index contributed by atoms with van der Waals surface area (Å²) in [5.74, 6) is -0.121. The van der Waals surface area contributed by atoms with Crippen LogP contribution >= 0.6 is 0 Å². The van der Waals surface area contributed by atoms with Crippen molar-refractivity contribution in [2.24, 2.45) is 0 Å². The molecule has 4 nitrogen and oxygen atoms in total. The minimum absolute atomic E-state index is 0.121. The molecule has 1 atom stereocenters. The number of nitrogens with one attached hydrogen (secondary N) is 2. The van der Waals surface area contributed by atoms with Crippen LogP contribution in [-0.4, -0.2) is 19.0 Å². The average Bonchev–Trinajstić information content (AvgIpc) is 2.31. The Kier molecular flexibility index (Phi) is 4.82. The molecule has 94 valence electrons. The molecule has 0 saturated heterocycles. The second-order valence-corrected chi connectivity index (χ2v) is 4.22. The van der Waals surface area contributed by atoms with Gasteiger partial charge in [0.2, 0.25) is 0 Å². The molecule has 1 rings (SSSR count). The second kappa shape index (κ2) is 6.13. The molecule has 0 aliphatic carbocycles. The number of hydrogen-bond acceptors (Lipinski definition) is 3. The molecule has 0 fully saturated rings. The third kappa shape index (κ3) is 3.66. The zero-order valence-corrected chi connectivity index (χ0v) is 10.7. The molecule has 0 spiro atoms. The number of rotatable bonds is 5. The van der Waals surface area contributed by atoms with E-state index in [1.54, 1.807) is 19.2 Å². The first-order chi connectivity index (χ1) is 8.08. The van der Waals surface area contributed by atoms with Gasteiger partial charge < -0.3 is 16.4 Å². The molecule has 0 aliphatic rings. The lowest BCUT2D eigenvalue weighted by Crippen LogP contribution is -2.19. The number of carbonyl (C=O) groups excluding carboxylic acids is 1. The zero-order valence-electron chi connectivity index (χ0n) is 10.7. The minimum atomic E-state index is -0.121. The van der Waals surface area contributed by atoms with Crippen molar-refractivity contribution in [2.75, 3.05) is 18.1 Å². The van der Waals surface area contributed by atoms with E-state index in [2.05, 4.69) is 24.5 Å². The van der Waals surface area contributed by atoms with Gasteiger partial charge in [0.05, 0.1) is 11.4 Å². The predicted octanol–water partition coefficient (Wildman–Crippen LogP) is 2.23. The Morgan fingerprint density at radius 1 is 1.47 bits per heavy atom. The maximum Gasteiger partial charge on any atom is 0.251 e. The van der Waals surface area contributed by atoms with E-state index in [0.29, 0.717) is 17.3 Å². The minimum Gasteiger partial charge on any atom is -0.397 e. The van der Waals surface area contributed by atoms with Gasteiger partial charge in [-0.3, -0.25) is 4.79 Å². The van der Waals surface area contributed by atoms with E-state index in [9.17, 15) is 4.79 Å². The molecule has 0 bridgehead atoms. The first-order valence-electron chi connectivity index (χ1n) is 5.96. The average molecular weight is 235 g/mol. The van der Waals surface area contributed by atoms with Crippen LogP contribution < -0.4 is 16.4 Å². The highest BCUT2D eigenvalue weighted by Crippen LogP contribution is 2.21. The molecule has 1 aromatic carbocycles. The van der Waals surface area contributed by atoms with Crippen LogP contribution in [0.4, 0.5) is 11.4 Å². The van der Waals surface area contributed by atoms with Gasteiger partial charge in [0, 0.05) is 18.7 Å². The smallest absolute Gasteiger partial charge is 0.251 e. The summed E-state index contributed by atoms with van der Waals surface area (Å²) in [5, 5.41) is 5.91. The van der Waals surface area contributed by atoms with Crippen molar-refractivity contribution >= 4 is 17.3 Å². The summed E-state index contributed by atoms with van der Waals surface area (Å²) in [5.41, 5.74) is 7.99. The summed E-state index contributed by atoms with van der Waals surface area (Å²) in [4.78, 5) is 11.4. The number of hydrogen-bond donors (Lipinski definition) is 3. The maximum absolute atomic E-state index is 11.4. The van der Waals surface area contributed by atoms with Crippen LogP contribution in [-0.2, 0) is 0 Å². The van der Waals surface area contributed by atoms with E-state index in [0.717, 1.165) is 18.5 Å². The lowest BCUT2D eigenvalue weighted by Gasteiger charge is -2.16. The number of nitrogen functional groups attached to an aromatic ring is 1. The van der Waals surface area contributed by atoms with E-state index in [1.165, 1.54) is 0 Å². The standard InChI is InChI=1S/C13H21N3O/c1-4-5-9(2)16-12-7-6-10(8-11(12)14)13(17)15-3/h6-9,16H,4-5,14H2,1-3H3,(H,15,17)/t9-/m0/s1. The fraction of sp³-hybridized carbons (Fsp3) is 0.462. The van der Waals surface area contributed by atoms with Crippen LogP contribution in [0.3, 0.4) is 0 Å². The quantitative estimate of drug-likeness (QED) is 0.686. The van der Waals surface area contributed by atoms with Crippen molar-refractivity contribution in [3.05, 3.63) is 23.8 Å². The van der Waals surface area contributed by atoms with Crippen LogP contribution in [0.1, 0.15) is 37.0 Å². The largest absolute Gasteiger partial charge is 0.397 e. The molecule has 0 heterocycles. The Morgan fingerprint density at radius 2 is 2.18 bits per heavy atom.